The fourth-order valence-electron chi connectivity index (χ4n) is 4.05. The predicted molar refractivity (Wildman–Crippen MR) is 125 cm³/mol. The smallest absolute Gasteiger partial charge is 0.196 e. The molecule has 0 unspecified atom stereocenters. The highest BCUT2D eigenvalue weighted by molar-refractivity contribution is 6.32. The number of fused-ring (bicyclic) bond motifs is 2. The molecule has 1 aliphatic rings. The van der Waals surface area contributed by atoms with Crippen LogP contribution in [0.1, 0.15) is 31.8 Å². The largest absolute Gasteiger partial charge is 0.288 e. The van der Waals surface area contributed by atoms with Gasteiger partial charge in [-0.25, -0.2) is 11.7 Å². The van der Waals surface area contributed by atoms with E-state index in [4.69, 9.17) is 11.7 Å². The lowest BCUT2D eigenvalue weighted by Crippen LogP contribution is -2.33. The summed E-state index contributed by atoms with van der Waals surface area (Å²) in [6.07, 6.45) is 0. The van der Waals surface area contributed by atoms with Crippen molar-refractivity contribution in [3.05, 3.63) is 119 Å². The van der Waals surface area contributed by atoms with Crippen molar-refractivity contribution in [3.63, 3.8) is 0 Å². The maximum Gasteiger partial charge on any atom is 0.196 e. The number of hydrogen-bond acceptors (Lipinski definition) is 6. The Morgan fingerprint density at radius 1 is 0.469 bits per heavy atom. The molecule has 4 N–H and O–H groups in total. The van der Waals surface area contributed by atoms with E-state index in [0.717, 1.165) is 0 Å². The highest BCUT2D eigenvalue weighted by atomic mass is 16.1. The number of nitrogens with zero attached hydrogens (tertiary/aromatic N) is 2. The number of rotatable bonds is 4. The van der Waals surface area contributed by atoms with Crippen LogP contribution in [0.3, 0.4) is 0 Å². The standard InChI is InChI=1S/C26H20N4O2/c27-29(17-9-3-1-4-10-17)21-15-16-22(30(28)18-11-5-2-6-12-18)24-23(21)25(31)19-13-7-8-14-20(19)26(24)32/h1-16H,27-28H2. The molecule has 0 saturated carbocycles. The molecule has 4 aromatic rings. The highest BCUT2D eigenvalue weighted by Gasteiger charge is 2.36. The Bertz CT molecular complexity index is 1230. The summed E-state index contributed by atoms with van der Waals surface area (Å²) in [6, 6.07) is 28.8. The molecule has 4 aromatic carbocycles. The summed E-state index contributed by atoms with van der Waals surface area (Å²) in [5, 5.41) is 2.84. The molecule has 0 saturated heterocycles. The summed E-state index contributed by atoms with van der Waals surface area (Å²) in [5.74, 6) is 12.3. The number of hydrazine groups is 2. The fraction of sp³-hybridized carbons (Fsp3) is 0. The van der Waals surface area contributed by atoms with Crippen molar-refractivity contribution in [1.29, 1.82) is 0 Å². The first-order valence-corrected chi connectivity index (χ1v) is 10.1. The van der Waals surface area contributed by atoms with E-state index in [0.29, 0.717) is 33.9 Å². The highest BCUT2D eigenvalue weighted by Crippen LogP contribution is 2.41. The van der Waals surface area contributed by atoms with Crippen molar-refractivity contribution in [2.45, 2.75) is 0 Å². The van der Waals surface area contributed by atoms with Crippen LogP contribution in [-0.4, -0.2) is 11.6 Å². The number of hydrogen-bond donors (Lipinski definition) is 2. The molecule has 1 aliphatic carbocycles. The normalized spacial score (nSPS) is 12.2. The Balaban J connectivity index is 1.76. The molecular formula is C26H20N4O2. The third-order valence-corrected chi connectivity index (χ3v) is 5.62. The van der Waals surface area contributed by atoms with Gasteiger partial charge in [-0.3, -0.25) is 19.6 Å². The number of benzene rings is 4. The van der Waals surface area contributed by atoms with Crippen molar-refractivity contribution in [2.24, 2.45) is 11.7 Å². The van der Waals surface area contributed by atoms with E-state index < -0.39 is 0 Å². The van der Waals surface area contributed by atoms with Crippen molar-refractivity contribution in [1.82, 2.24) is 0 Å². The van der Waals surface area contributed by atoms with Gasteiger partial charge in [-0.1, -0.05) is 60.7 Å². The molecule has 156 valence electrons. The van der Waals surface area contributed by atoms with E-state index in [-0.39, 0.29) is 22.7 Å². The van der Waals surface area contributed by atoms with E-state index in [1.54, 1.807) is 36.4 Å². The Morgan fingerprint density at radius 3 is 1.19 bits per heavy atom. The molecule has 0 amide bonds. The van der Waals surface area contributed by atoms with Gasteiger partial charge < -0.3 is 0 Å². The minimum Gasteiger partial charge on any atom is -0.288 e. The Hall–Kier alpha value is -4.26. The third kappa shape index (κ3) is 3.06. The molecule has 0 aromatic heterocycles. The average molecular weight is 420 g/mol. The first-order valence-electron chi connectivity index (χ1n) is 10.1. The zero-order valence-corrected chi connectivity index (χ0v) is 17.1. The molecule has 0 spiro atoms. The monoisotopic (exact) mass is 420 g/mol. The van der Waals surface area contributed by atoms with Gasteiger partial charge in [0.1, 0.15) is 0 Å². The molecule has 6 heteroatoms. The lowest BCUT2D eigenvalue weighted by Gasteiger charge is -2.30. The van der Waals surface area contributed by atoms with Crippen LogP contribution in [0.4, 0.5) is 22.7 Å². The van der Waals surface area contributed by atoms with Crippen molar-refractivity contribution in [3.8, 4) is 0 Å². The fourth-order valence-corrected chi connectivity index (χ4v) is 4.05. The molecule has 0 bridgehead atoms. The predicted octanol–water partition coefficient (Wildman–Crippen LogP) is 4.49. The Kier molecular flexibility index (Phi) is 4.78. The molecule has 32 heavy (non-hydrogen) atoms. The van der Waals surface area contributed by atoms with Gasteiger partial charge in [0, 0.05) is 11.1 Å². The van der Waals surface area contributed by atoms with E-state index in [2.05, 4.69) is 0 Å². The minimum absolute atomic E-state index is 0.240. The molecule has 5 rings (SSSR count). The number of para-hydroxylation sites is 2. The van der Waals surface area contributed by atoms with Gasteiger partial charge in [-0.2, -0.15) is 0 Å². The van der Waals surface area contributed by atoms with Crippen LogP contribution in [0.15, 0.2) is 97.1 Å². The maximum absolute atomic E-state index is 13.6. The van der Waals surface area contributed by atoms with Gasteiger partial charge in [0.05, 0.1) is 33.9 Å². The van der Waals surface area contributed by atoms with Gasteiger partial charge in [-0.15, -0.1) is 0 Å². The van der Waals surface area contributed by atoms with Gasteiger partial charge >= 0.3 is 0 Å². The molecule has 0 atom stereocenters. The SMILES string of the molecule is NN(c1ccccc1)c1ccc(N(N)c2ccccc2)c2c1C(=O)c1ccccc1C2=O. The Labute approximate surface area is 185 Å². The summed E-state index contributed by atoms with van der Waals surface area (Å²) < 4.78 is 0. The molecule has 0 radical (unpaired) electrons. The molecule has 0 fully saturated rings. The van der Waals surface area contributed by atoms with Crippen LogP contribution in [0.25, 0.3) is 0 Å². The second-order valence-corrected chi connectivity index (χ2v) is 7.47. The van der Waals surface area contributed by atoms with Gasteiger partial charge in [0.2, 0.25) is 0 Å². The van der Waals surface area contributed by atoms with Crippen LogP contribution < -0.4 is 21.7 Å². The summed E-state index contributed by atoms with van der Waals surface area (Å²) in [6.45, 7) is 0. The first-order chi connectivity index (χ1) is 15.6. The zero-order valence-electron chi connectivity index (χ0n) is 17.1. The van der Waals surface area contributed by atoms with Crippen molar-refractivity contribution in [2.75, 3.05) is 10.0 Å². The van der Waals surface area contributed by atoms with E-state index >= 15 is 0 Å². The number of ketones is 2. The lowest BCUT2D eigenvalue weighted by molar-refractivity contribution is 0.0980. The van der Waals surface area contributed by atoms with Crippen LogP contribution in [-0.2, 0) is 0 Å². The summed E-state index contributed by atoms with van der Waals surface area (Å²) in [4.78, 5) is 27.3. The van der Waals surface area contributed by atoms with E-state index in [9.17, 15) is 9.59 Å². The van der Waals surface area contributed by atoms with Gasteiger partial charge in [0.15, 0.2) is 11.6 Å². The molecule has 6 nitrogen and oxygen atoms in total. The summed E-state index contributed by atoms with van der Waals surface area (Å²) in [7, 11) is 0. The average Bonchev–Trinajstić information content (AvgIpc) is 2.86. The lowest BCUT2D eigenvalue weighted by atomic mass is 9.82. The molecule has 0 heterocycles. The number of carbonyl (C=O) groups excluding carboxylic acids is 2. The molecular weight excluding hydrogens is 400 g/mol. The van der Waals surface area contributed by atoms with Crippen LogP contribution in [0.5, 0.6) is 0 Å². The maximum atomic E-state index is 13.6. The van der Waals surface area contributed by atoms with Gasteiger partial charge in [0.25, 0.3) is 0 Å². The summed E-state index contributed by atoms with van der Waals surface area (Å²) >= 11 is 0. The number of nitrogens with two attached hydrogens (primary N) is 2. The first kappa shape index (κ1) is 19.7. The van der Waals surface area contributed by atoms with E-state index in [1.807, 2.05) is 60.7 Å². The topological polar surface area (TPSA) is 92.7 Å². The van der Waals surface area contributed by atoms with Crippen LogP contribution in [0, 0.1) is 0 Å². The molecule has 0 aliphatic heterocycles. The van der Waals surface area contributed by atoms with Crippen molar-refractivity contribution < 1.29 is 9.59 Å². The van der Waals surface area contributed by atoms with Crippen LogP contribution >= 0.6 is 0 Å². The quantitative estimate of drug-likeness (QED) is 0.329. The summed E-state index contributed by atoms with van der Waals surface area (Å²) in [5.41, 5.74) is 3.44. The van der Waals surface area contributed by atoms with Crippen LogP contribution in [0.2, 0.25) is 0 Å². The zero-order chi connectivity index (χ0) is 22.2. The van der Waals surface area contributed by atoms with E-state index in [1.165, 1.54) is 10.0 Å². The number of anilines is 4. The second kappa shape index (κ2) is 7.77. The second-order valence-electron chi connectivity index (χ2n) is 7.47. The minimum atomic E-state index is -0.264. The Morgan fingerprint density at radius 2 is 0.812 bits per heavy atom. The number of carbonyl (C=O) groups is 2. The van der Waals surface area contributed by atoms with Gasteiger partial charge in [-0.05, 0) is 36.4 Å². The van der Waals surface area contributed by atoms with Crippen molar-refractivity contribution >= 4 is 34.3 Å². The third-order valence-electron chi connectivity index (χ3n) is 5.62.